The van der Waals surface area contributed by atoms with Crippen molar-refractivity contribution in [3.05, 3.63) is 34.3 Å². The second-order valence-corrected chi connectivity index (χ2v) is 5.88. The lowest BCUT2D eigenvalue weighted by Crippen LogP contribution is -2.39. The number of nitrogens with one attached hydrogen (secondary N) is 1. The molecule has 0 aromatic heterocycles. The largest absolute Gasteiger partial charge is 0.317 e. The van der Waals surface area contributed by atoms with E-state index in [0.29, 0.717) is 10.6 Å². The SMILES string of the molecule is CCNCC1CCCN(Cc2ccc(C#N)cc2Cl)C1. The molecule has 0 saturated carbocycles. The topological polar surface area (TPSA) is 39.1 Å². The Kier molecular flexibility index (Phi) is 5.85. The smallest absolute Gasteiger partial charge is 0.0992 e. The summed E-state index contributed by atoms with van der Waals surface area (Å²) in [6.07, 6.45) is 2.56. The zero-order valence-electron chi connectivity index (χ0n) is 12.0. The van der Waals surface area contributed by atoms with Gasteiger partial charge in [0.15, 0.2) is 0 Å². The minimum Gasteiger partial charge on any atom is -0.317 e. The number of likely N-dealkylation sites (tertiary alicyclic amines) is 1. The standard InChI is InChI=1S/C16H22ClN3/c1-2-19-10-14-4-3-7-20(11-14)12-15-6-5-13(9-18)8-16(15)17/h5-6,8,14,19H,2-4,7,10-12H2,1H3. The van der Waals surface area contributed by atoms with Crippen molar-refractivity contribution in [2.24, 2.45) is 5.92 Å². The molecule has 0 radical (unpaired) electrons. The Morgan fingerprint density at radius 2 is 2.35 bits per heavy atom. The first kappa shape index (κ1) is 15.3. The molecule has 1 atom stereocenters. The molecular formula is C16H22ClN3. The first-order chi connectivity index (χ1) is 9.72. The number of halogens is 1. The molecule has 0 aliphatic carbocycles. The van der Waals surface area contributed by atoms with E-state index < -0.39 is 0 Å². The summed E-state index contributed by atoms with van der Waals surface area (Å²) in [6.45, 7) is 7.44. The van der Waals surface area contributed by atoms with E-state index in [0.717, 1.165) is 44.2 Å². The van der Waals surface area contributed by atoms with E-state index in [9.17, 15) is 0 Å². The third kappa shape index (κ3) is 4.21. The van der Waals surface area contributed by atoms with Gasteiger partial charge in [-0.3, -0.25) is 4.90 Å². The van der Waals surface area contributed by atoms with E-state index in [-0.39, 0.29) is 0 Å². The van der Waals surface area contributed by atoms with Gasteiger partial charge in [-0.05, 0) is 56.1 Å². The first-order valence-corrected chi connectivity index (χ1v) is 7.72. The van der Waals surface area contributed by atoms with E-state index in [1.165, 1.54) is 12.8 Å². The van der Waals surface area contributed by atoms with Crippen molar-refractivity contribution < 1.29 is 0 Å². The minimum atomic E-state index is 0.627. The predicted octanol–water partition coefficient (Wildman–Crippen LogP) is 3.03. The lowest BCUT2D eigenvalue weighted by Gasteiger charge is -2.33. The fourth-order valence-corrected chi connectivity index (χ4v) is 3.04. The highest BCUT2D eigenvalue weighted by Crippen LogP contribution is 2.23. The quantitative estimate of drug-likeness (QED) is 0.906. The maximum atomic E-state index is 8.87. The van der Waals surface area contributed by atoms with Crippen LogP contribution in [-0.4, -0.2) is 31.1 Å². The molecule has 1 unspecified atom stereocenters. The molecule has 1 saturated heterocycles. The Morgan fingerprint density at radius 1 is 1.50 bits per heavy atom. The van der Waals surface area contributed by atoms with Crippen LogP contribution in [0.4, 0.5) is 0 Å². The van der Waals surface area contributed by atoms with Crippen molar-refractivity contribution in [1.29, 1.82) is 5.26 Å². The Balaban J connectivity index is 1.94. The molecule has 0 amide bonds. The fourth-order valence-electron chi connectivity index (χ4n) is 2.80. The maximum absolute atomic E-state index is 8.87. The summed E-state index contributed by atoms with van der Waals surface area (Å²) in [5.74, 6) is 0.737. The van der Waals surface area contributed by atoms with Gasteiger partial charge in [0.2, 0.25) is 0 Å². The summed E-state index contributed by atoms with van der Waals surface area (Å²) < 4.78 is 0. The second-order valence-electron chi connectivity index (χ2n) is 5.47. The van der Waals surface area contributed by atoms with Crippen LogP contribution in [0.25, 0.3) is 0 Å². The average molecular weight is 292 g/mol. The van der Waals surface area contributed by atoms with Gasteiger partial charge in [0.1, 0.15) is 0 Å². The van der Waals surface area contributed by atoms with Crippen LogP contribution >= 0.6 is 11.6 Å². The molecule has 0 bridgehead atoms. The van der Waals surface area contributed by atoms with E-state index in [4.69, 9.17) is 16.9 Å². The summed E-state index contributed by atoms with van der Waals surface area (Å²) in [5.41, 5.74) is 1.75. The third-order valence-corrected chi connectivity index (χ3v) is 4.21. The first-order valence-electron chi connectivity index (χ1n) is 7.34. The number of rotatable bonds is 5. The van der Waals surface area contributed by atoms with Gasteiger partial charge in [-0.25, -0.2) is 0 Å². The molecule has 0 spiro atoms. The van der Waals surface area contributed by atoms with Crippen LogP contribution < -0.4 is 5.32 Å². The molecule has 1 heterocycles. The molecule has 1 aromatic carbocycles. The van der Waals surface area contributed by atoms with Crippen LogP contribution in [-0.2, 0) is 6.54 Å². The zero-order valence-corrected chi connectivity index (χ0v) is 12.8. The lowest BCUT2D eigenvalue weighted by molar-refractivity contribution is 0.166. The molecule has 1 aliphatic rings. The van der Waals surface area contributed by atoms with Crippen LogP contribution in [0.3, 0.4) is 0 Å². The number of nitriles is 1. The summed E-state index contributed by atoms with van der Waals surface area (Å²) in [6, 6.07) is 7.71. The molecule has 1 aliphatic heterocycles. The van der Waals surface area contributed by atoms with Crippen molar-refractivity contribution in [1.82, 2.24) is 10.2 Å². The average Bonchev–Trinajstić information content (AvgIpc) is 2.47. The van der Waals surface area contributed by atoms with E-state index in [2.05, 4.69) is 23.2 Å². The highest BCUT2D eigenvalue weighted by molar-refractivity contribution is 6.31. The van der Waals surface area contributed by atoms with Crippen molar-refractivity contribution in [2.75, 3.05) is 26.2 Å². The number of hydrogen-bond acceptors (Lipinski definition) is 3. The van der Waals surface area contributed by atoms with Gasteiger partial charge in [0, 0.05) is 18.1 Å². The maximum Gasteiger partial charge on any atom is 0.0992 e. The monoisotopic (exact) mass is 291 g/mol. The fraction of sp³-hybridized carbons (Fsp3) is 0.562. The molecular weight excluding hydrogens is 270 g/mol. The molecule has 4 heteroatoms. The van der Waals surface area contributed by atoms with Gasteiger partial charge in [-0.15, -0.1) is 0 Å². The van der Waals surface area contributed by atoms with Crippen LogP contribution in [0.15, 0.2) is 18.2 Å². The van der Waals surface area contributed by atoms with Crippen LogP contribution in [0.2, 0.25) is 5.02 Å². The van der Waals surface area contributed by atoms with E-state index in [1.807, 2.05) is 12.1 Å². The van der Waals surface area contributed by atoms with E-state index in [1.54, 1.807) is 6.07 Å². The molecule has 1 aromatic rings. The van der Waals surface area contributed by atoms with Gasteiger partial charge in [0.05, 0.1) is 11.6 Å². The molecule has 2 rings (SSSR count). The summed E-state index contributed by atoms with van der Waals surface area (Å²) >= 11 is 6.26. The third-order valence-electron chi connectivity index (χ3n) is 3.86. The Morgan fingerprint density at radius 3 is 3.05 bits per heavy atom. The predicted molar refractivity (Wildman–Crippen MR) is 82.7 cm³/mol. The molecule has 3 nitrogen and oxygen atoms in total. The van der Waals surface area contributed by atoms with Crippen molar-refractivity contribution in [2.45, 2.75) is 26.3 Å². The van der Waals surface area contributed by atoms with Gasteiger partial charge in [-0.2, -0.15) is 5.26 Å². The van der Waals surface area contributed by atoms with Crippen LogP contribution in [0.5, 0.6) is 0 Å². The highest BCUT2D eigenvalue weighted by atomic mass is 35.5. The van der Waals surface area contributed by atoms with Crippen LogP contribution in [0, 0.1) is 17.2 Å². The molecule has 1 N–H and O–H groups in total. The normalized spacial score (nSPS) is 19.8. The Labute approximate surface area is 126 Å². The highest BCUT2D eigenvalue weighted by Gasteiger charge is 2.20. The number of hydrogen-bond donors (Lipinski definition) is 1. The van der Waals surface area contributed by atoms with Crippen molar-refractivity contribution in [3.8, 4) is 6.07 Å². The second kappa shape index (κ2) is 7.64. The number of piperidine rings is 1. The Bertz CT molecular complexity index is 481. The van der Waals surface area contributed by atoms with Crippen molar-refractivity contribution in [3.63, 3.8) is 0 Å². The summed E-state index contributed by atoms with van der Waals surface area (Å²) in [7, 11) is 0. The Hall–Kier alpha value is -1.08. The number of nitrogens with zero attached hydrogens (tertiary/aromatic N) is 2. The van der Waals surface area contributed by atoms with Crippen LogP contribution in [0.1, 0.15) is 30.9 Å². The van der Waals surface area contributed by atoms with Gasteiger partial charge in [-0.1, -0.05) is 24.6 Å². The summed E-state index contributed by atoms with van der Waals surface area (Å²) in [4.78, 5) is 2.47. The molecule has 1 fully saturated rings. The lowest BCUT2D eigenvalue weighted by atomic mass is 9.97. The van der Waals surface area contributed by atoms with Gasteiger partial charge in [0.25, 0.3) is 0 Å². The van der Waals surface area contributed by atoms with Gasteiger partial charge >= 0.3 is 0 Å². The van der Waals surface area contributed by atoms with Gasteiger partial charge < -0.3 is 5.32 Å². The summed E-state index contributed by atoms with van der Waals surface area (Å²) in [5, 5.41) is 13.0. The minimum absolute atomic E-state index is 0.627. The zero-order chi connectivity index (χ0) is 14.4. The molecule has 108 valence electrons. The molecule has 20 heavy (non-hydrogen) atoms. The van der Waals surface area contributed by atoms with E-state index >= 15 is 0 Å². The van der Waals surface area contributed by atoms with Crippen molar-refractivity contribution >= 4 is 11.6 Å². The number of benzene rings is 1.